The van der Waals surface area contributed by atoms with Crippen molar-refractivity contribution in [3.05, 3.63) is 41.5 Å². The molecule has 3 aliphatic rings. The largest absolute Gasteiger partial charge is 0.493 e. The number of benzene rings is 2. The van der Waals surface area contributed by atoms with Gasteiger partial charge in [-0.2, -0.15) is 0 Å². The average Bonchev–Trinajstić information content (AvgIpc) is 3.21. The Labute approximate surface area is 199 Å². The third-order valence-corrected chi connectivity index (χ3v) is 7.08. The zero-order chi connectivity index (χ0) is 23.7. The van der Waals surface area contributed by atoms with Crippen LogP contribution in [0.1, 0.15) is 60.9 Å². The van der Waals surface area contributed by atoms with Crippen LogP contribution in [0.25, 0.3) is 11.1 Å². The molecule has 0 N–H and O–H groups in total. The van der Waals surface area contributed by atoms with Crippen LogP contribution in [-0.2, 0) is 20.9 Å². The van der Waals surface area contributed by atoms with Crippen LogP contribution in [0.5, 0.6) is 17.2 Å². The second-order valence-electron chi connectivity index (χ2n) is 9.39. The Hall–Kier alpha value is -3.22. The van der Waals surface area contributed by atoms with Crippen molar-refractivity contribution in [2.75, 3.05) is 20.8 Å². The summed E-state index contributed by atoms with van der Waals surface area (Å²) in [4.78, 5) is 24.7. The number of carbonyl (C=O) groups is 2. The predicted octanol–water partition coefficient (Wildman–Crippen LogP) is 5.08. The molecule has 2 aromatic rings. The second-order valence-corrected chi connectivity index (χ2v) is 9.39. The molecule has 0 spiro atoms. The Balaban J connectivity index is 1.41. The van der Waals surface area contributed by atoms with Crippen molar-refractivity contribution < 1.29 is 33.3 Å². The maximum atomic E-state index is 12.6. The molecular formula is C27H30O7. The van der Waals surface area contributed by atoms with Gasteiger partial charge in [0.25, 0.3) is 0 Å². The van der Waals surface area contributed by atoms with E-state index in [1.165, 1.54) is 12.8 Å². The SMILES string of the molecule is COc1ccc(-c2cccc3c2COC3=O)c(OCC2(OC(=O)CC3CCCC3)CC2)c1OC. The number of ether oxygens (including phenoxy) is 5. The second kappa shape index (κ2) is 9.20. The predicted molar refractivity (Wildman–Crippen MR) is 124 cm³/mol. The van der Waals surface area contributed by atoms with E-state index in [9.17, 15) is 9.59 Å². The van der Waals surface area contributed by atoms with Crippen molar-refractivity contribution >= 4 is 11.9 Å². The highest BCUT2D eigenvalue weighted by Crippen LogP contribution is 2.48. The van der Waals surface area contributed by atoms with Gasteiger partial charge in [-0.15, -0.1) is 0 Å². The molecule has 5 rings (SSSR count). The Morgan fingerprint density at radius 1 is 1.00 bits per heavy atom. The van der Waals surface area contributed by atoms with E-state index in [4.69, 9.17) is 23.7 Å². The minimum atomic E-state index is -0.598. The highest BCUT2D eigenvalue weighted by Gasteiger charge is 2.48. The fourth-order valence-corrected chi connectivity index (χ4v) is 5.01. The first-order valence-corrected chi connectivity index (χ1v) is 11.9. The highest BCUT2D eigenvalue weighted by molar-refractivity contribution is 5.96. The van der Waals surface area contributed by atoms with E-state index >= 15 is 0 Å². The topological polar surface area (TPSA) is 80.3 Å². The van der Waals surface area contributed by atoms with Crippen LogP contribution in [0.2, 0.25) is 0 Å². The number of carbonyl (C=O) groups excluding carboxylic acids is 2. The summed E-state index contributed by atoms with van der Waals surface area (Å²) in [5, 5.41) is 0. The normalized spacial score (nSPS) is 18.2. The fraction of sp³-hybridized carbons (Fsp3) is 0.481. The van der Waals surface area contributed by atoms with Gasteiger partial charge in [0.2, 0.25) is 5.75 Å². The lowest BCUT2D eigenvalue weighted by Crippen LogP contribution is -2.28. The third-order valence-electron chi connectivity index (χ3n) is 7.08. The third kappa shape index (κ3) is 4.31. The van der Waals surface area contributed by atoms with Crippen LogP contribution in [0.15, 0.2) is 30.3 Å². The summed E-state index contributed by atoms with van der Waals surface area (Å²) in [6.07, 6.45) is 6.64. The Morgan fingerprint density at radius 3 is 2.47 bits per heavy atom. The lowest BCUT2D eigenvalue weighted by molar-refractivity contribution is -0.154. The summed E-state index contributed by atoms with van der Waals surface area (Å²) in [6.45, 7) is 0.436. The van der Waals surface area contributed by atoms with Crippen molar-refractivity contribution in [3.63, 3.8) is 0 Å². The smallest absolute Gasteiger partial charge is 0.338 e. The summed E-state index contributed by atoms with van der Waals surface area (Å²) in [6, 6.07) is 9.23. The van der Waals surface area contributed by atoms with E-state index in [1.54, 1.807) is 20.3 Å². The molecule has 2 saturated carbocycles. The zero-order valence-corrected chi connectivity index (χ0v) is 19.7. The minimum Gasteiger partial charge on any atom is -0.493 e. The van der Waals surface area contributed by atoms with Crippen molar-refractivity contribution in [2.45, 2.75) is 57.2 Å². The molecule has 0 saturated heterocycles. The summed E-state index contributed by atoms with van der Waals surface area (Å²) in [7, 11) is 3.13. The van der Waals surface area contributed by atoms with Crippen molar-refractivity contribution in [3.8, 4) is 28.4 Å². The number of esters is 2. The first kappa shape index (κ1) is 22.6. The van der Waals surface area contributed by atoms with Crippen molar-refractivity contribution in [1.29, 1.82) is 0 Å². The van der Waals surface area contributed by atoms with Crippen LogP contribution < -0.4 is 14.2 Å². The van der Waals surface area contributed by atoms with Gasteiger partial charge >= 0.3 is 11.9 Å². The van der Waals surface area contributed by atoms with E-state index in [1.807, 2.05) is 24.3 Å². The van der Waals surface area contributed by atoms with Crippen LogP contribution in [0.4, 0.5) is 0 Å². The fourth-order valence-electron chi connectivity index (χ4n) is 5.01. The van der Waals surface area contributed by atoms with Gasteiger partial charge in [0.05, 0.1) is 19.8 Å². The average molecular weight is 467 g/mol. The van der Waals surface area contributed by atoms with Crippen LogP contribution >= 0.6 is 0 Å². The molecule has 0 unspecified atom stereocenters. The van der Waals surface area contributed by atoms with E-state index in [0.29, 0.717) is 35.2 Å². The number of rotatable bonds is 9. The molecule has 34 heavy (non-hydrogen) atoms. The number of fused-ring (bicyclic) bond motifs is 1. The standard InChI is InChI=1S/C27H30O7/c1-30-22-11-10-19(18-8-5-9-20-21(18)15-32-26(20)29)24(25(22)31-2)33-16-27(12-13-27)34-23(28)14-17-6-3-4-7-17/h5,8-11,17H,3-4,6-7,12-16H2,1-2H3. The van der Waals surface area contributed by atoms with Gasteiger partial charge in [0.15, 0.2) is 11.5 Å². The lowest BCUT2D eigenvalue weighted by atomic mass is 9.95. The molecule has 180 valence electrons. The maximum absolute atomic E-state index is 12.6. The number of hydrogen-bond donors (Lipinski definition) is 0. The molecular weight excluding hydrogens is 436 g/mol. The van der Waals surface area contributed by atoms with Gasteiger partial charge in [0.1, 0.15) is 18.8 Å². The van der Waals surface area contributed by atoms with Gasteiger partial charge in [0, 0.05) is 17.5 Å². The minimum absolute atomic E-state index is 0.137. The summed E-state index contributed by atoms with van der Waals surface area (Å²) in [5.41, 5.74) is 2.37. The highest BCUT2D eigenvalue weighted by atomic mass is 16.6. The molecule has 2 fully saturated rings. The number of cyclic esters (lactones) is 1. The van der Waals surface area contributed by atoms with E-state index in [0.717, 1.165) is 42.4 Å². The van der Waals surface area contributed by atoms with Crippen LogP contribution in [0, 0.1) is 5.92 Å². The molecule has 2 aliphatic carbocycles. The van der Waals surface area contributed by atoms with E-state index in [2.05, 4.69) is 0 Å². The van der Waals surface area contributed by atoms with E-state index < -0.39 is 5.60 Å². The molecule has 0 amide bonds. The molecule has 7 nitrogen and oxygen atoms in total. The first-order valence-electron chi connectivity index (χ1n) is 11.9. The van der Waals surface area contributed by atoms with E-state index in [-0.39, 0.29) is 25.2 Å². The first-order chi connectivity index (χ1) is 16.5. The molecule has 1 heterocycles. The summed E-state index contributed by atoms with van der Waals surface area (Å²) >= 11 is 0. The Bertz CT molecular complexity index is 1100. The van der Waals surface area contributed by atoms with Crippen molar-refractivity contribution in [1.82, 2.24) is 0 Å². The molecule has 1 aliphatic heterocycles. The quantitative estimate of drug-likeness (QED) is 0.477. The van der Waals surface area contributed by atoms with Gasteiger partial charge in [-0.3, -0.25) is 4.79 Å². The van der Waals surface area contributed by atoms with Crippen molar-refractivity contribution in [2.24, 2.45) is 5.92 Å². The Kier molecular flexibility index (Phi) is 6.11. The number of methoxy groups -OCH3 is 2. The van der Waals surface area contributed by atoms with Crippen LogP contribution in [0.3, 0.4) is 0 Å². The van der Waals surface area contributed by atoms with Gasteiger partial charge in [-0.05, 0) is 55.4 Å². The molecule has 2 aromatic carbocycles. The van der Waals surface area contributed by atoms with Gasteiger partial charge in [-0.1, -0.05) is 25.0 Å². The Morgan fingerprint density at radius 2 is 1.76 bits per heavy atom. The van der Waals surface area contributed by atoms with Gasteiger partial charge < -0.3 is 23.7 Å². The molecule has 0 radical (unpaired) electrons. The zero-order valence-electron chi connectivity index (χ0n) is 19.7. The van der Waals surface area contributed by atoms with Crippen LogP contribution in [-0.4, -0.2) is 38.4 Å². The summed E-state index contributed by atoms with van der Waals surface area (Å²) in [5.74, 6) is 1.46. The lowest BCUT2D eigenvalue weighted by Gasteiger charge is -2.22. The monoisotopic (exact) mass is 466 g/mol. The number of hydrogen-bond acceptors (Lipinski definition) is 7. The molecule has 0 bridgehead atoms. The molecule has 0 atom stereocenters. The summed E-state index contributed by atoms with van der Waals surface area (Å²) < 4.78 is 28.6. The molecule has 7 heteroatoms. The maximum Gasteiger partial charge on any atom is 0.338 e. The van der Waals surface area contributed by atoms with Gasteiger partial charge in [-0.25, -0.2) is 4.79 Å². The molecule has 0 aromatic heterocycles.